The number of halogens is 1. The second kappa shape index (κ2) is 10.7. The van der Waals surface area contributed by atoms with Crippen molar-refractivity contribution in [3.63, 3.8) is 0 Å². The molecule has 0 bridgehead atoms. The smallest absolute Gasteiger partial charge is 0.255 e. The summed E-state index contributed by atoms with van der Waals surface area (Å²) in [5, 5.41) is 4.29. The second-order valence-corrected chi connectivity index (χ2v) is 12.7. The maximum absolute atomic E-state index is 13.5. The van der Waals surface area contributed by atoms with Gasteiger partial charge in [-0.25, -0.2) is 12.8 Å². The molecule has 218 valence electrons. The molecule has 0 unspecified atom stereocenters. The molecule has 0 aliphatic rings. The fourth-order valence-electron chi connectivity index (χ4n) is 5.34. The van der Waals surface area contributed by atoms with Crippen LogP contribution < -0.4 is 9.62 Å². The number of carbonyl (C=O) groups excluding carboxylic acids is 1. The number of nitrogens with one attached hydrogen (secondary N) is 1. The lowest BCUT2D eigenvalue weighted by Crippen LogP contribution is -2.25. The van der Waals surface area contributed by atoms with Gasteiger partial charge in [-0.3, -0.25) is 9.10 Å². The molecule has 1 amide bonds. The first kappa shape index (κ1) is 28.2. The molecule has 0 fully saturated rings. The van der Waals surface area contributed by atoms with Crippen LogP contribution in [-0.4, -0.2) is 39.2 Å². The molecule has 43 heavy (non-hydrogen) atoms. The summed E-state index contributed by atoms with van der Waals surface area (Å²) in [6, 6.07) is 25.5. The van der Waals surface area contributed by atoms with E-state index in [2.05, 4.69) is 9.88 Å². The Hall–Kier alpha value is -4.89. The lowest BCUT2D eigenvalue weighted by Gasteiger charge is -2.21. The summed E-state index contributed by atoms with van der Waals surface area (Å²) in [5.74, 6) is -0.196. The van der Waals surface area contributed by atoms with Crippen LogP contribution in [0.15, 0.2) is 95.5 Å². The molecule has 0 saturated carbocycles. The van der Waals surface area contributed by atoms with Crippen LogP contribution in [0.1, 0.15) is 21.5 Å². The van der Waals surface area contributed by atoms with Crippen LogP contribution in [0.2, 0.25) is 0 Å². The third kappa shape index (κ3) is 5.28. The van der Waals surface area contributed by atoms with E-state index in [9.17, 15) is 17.6 Å². The molecule has 6 aromatic rings. The van der Waals surface area contributed by atoms with E-state index in [0.717, 1.165) is 39.4 Å². The van der Waals surface area contributed by atoms with Crippen molar-refractivity contribution in [2.45, 2.75) is 13.5 Å². The zero-order valence-corrected chi connectivity index (χ0v) is 25.0. The Kier molecular flexibility index (Phi) is 7.06. The number of carbonyl (C=O) groups is 1. The number of aromatic nitrogens is 1. The molecule has 1 N–H and O–H groups in total. The van der Waals surface area contributed by atoms with Crippen molar-refractivity contribution in [1.82, 2.24) is 9.88 Å². The SMILES string of the molecule is CNC(=O)c1c(-c2ccc(C)cc2)oc2cc(N(C)S(C)(=O)=O)c(-c3ccc4ccn(Cc5ccc(F)cc5)c4c3)cc12. The van der Waals surface area contributed by atoms with Crippen LogP contribution in [0, 0.1) is 12.7 Å². The van der Waals surface area contributed by atoms with Crippen LogP contribution in [0.3, 0.4) is 0 Å². The van der Waals surface area contributed by atoms with E-state index < -0.39 is 10.0 Å². The Morgan fingerprint density at radius 2 is 1.65 bits per heavy atom. The molecule has 0 atom stereocenters. The lowest BCUT2D eigenvalue weighted by molar-refractivity contribution is 0.0964. The van der Waals surface area contributed by atoms with Crippen LogP contribution >= 0.6 is 0 Å². The normalized spacial score (nSPS) is 11.7. The van der Waals surface area contributed by atoms with Gasteiger partial charge in [0.25, 0.3) is 5.91 Å². The number of aryl methyl sites for hydroxylation is 1. The summed E-state index contributed by atoms with van der Waals surface area (Å²) in [6.45, 7) is 2.51. The van der Waals surface area contributed by atoms with E-state index >= 15 is 0 Å². The predicted molar refractivity (Wildman–Crippen MR) is 169 cm³/mol. The van der Waals surface area contributed by atoms with Gasteiger partial charge in [0.15, 0.2) is 0 Å². The number of benzene rings is 4. The van der Waals surface area contributed by atoms with Gasteiger partial charge in [-0.1, -0.05) is 54.1 Å². The van der Waals surface area contributed by atoms with Crippen LogP contribution in [0.25, 0.3) is 44.3 Å². The molecule has 0 spiro atoms. The zero-order valence-electron chi connectivity index (χ0n) is 24.2. The highest BCUT2D eigenvalue weighted by Gasteiger charge is 2.26. The highest BCUT2D eigenvalue weighted by atomic mass is 32.2. The number of hydrogen-bond donors (Lipinski definition) is 1. The van der Waals surface area contributed by atoms with Gasteiger partial charge in [-0.2, -0.15) is 0 Å². The summed E-state index contributed by atoms with van der Waals surface area (Å²) in [5.41, 5.74) is 6.24. The third-order valence-corrected chi connectivity index (χ3v) is 8.95. The van der Waals surface area contributed by atoms with Gasteiger partial charge >= 0.3 is 0 Å². The minimum absolute atomic E-state index is 0.290. The van der Waals surface area contributed by atoms with Crippen LogP contribution in [0.4, 0.5) is 10.1 Å². The molecule has 0 aliphatic carbocycles. The van der Waals surface area contributed by atoms with Crippen LogP contribution in [-0.2, 0) is 16.6 Å². The Bertz CT molecular complexity index is 2110. The second-order valence-electron chi connectivity index (χ2n) is 10.7. The van der Waals surface area contributed by atoms with Gasteiger partial charge in [0.05, 0.1) is 17.5 Å². The number of fused-ring (bicyclic) bond motifs is 2. The van der Waals surface area contributed by atoms with Crippen molar-refractivity contribution in [2.75, 3.05) is 24.7 Å². The van der Waals surface area contributed by atoms with Gasteiger partial charge in [-0.05, 0) is 53.8 Å². The summed E-state index contributed by atoms with van der Waals surface area (Å²) >= 11 is 0. The van der Waals surface area contributed by atoms with E-state index in [-0.39, 0.29) is 11.7 Å². The van der Waals surface area contributed by atoms with E-state index in [0.29, 0.717) is 40.1 Å². The van der Waals surface area contributed by atoms with E-state index in [1.807, 2.05) is 67.7 Å². The summed E-state index contributed by atoms with van der Waals surface area (Å²) < 4.78 is 48.6. The van der Waals surface area contributed by atoms with Crippen molar-refractivity contribution in [2.24, 2.45) is 0 Å². The molecule has 0 saturated heterocycles. The van der Waals surface area contributed by atoms with Gasteiger partial charge in [0.2, 0.25) is 10.0 Å². The summed E-state index contributed by atoms with van der Waals surface area (Å²) in [6.07, 6.45) is 3.12. The quantitative estimate of drug-likeness (QED) is 0.216. The fraction of sp³-hybridized carbons (Fsp3) is 0.147. The Morgan fingerprint density at radius 3 is 2.33 bits per heavy atom. The first-order valence-corrected chi connectivity index (χ1v) is 15.6. The Morgan fingerprint density at radius 1 is 0.953 bits per heavy atom. The topological polar surface area (TPSA) is 84.6 Å². The third-order valence-electron chi connectivity index (χ3n) is 7.76. The van der Waals surface area contributed by atoms with Crippen molar-refractivity contribution < 1.29 is 22.0 Å². The highest BCUT2D eigenvalue weighted by molar-refractivity contribution is 7.92. The number of hydrogen-bond acceptors (Lipinski definition) is 4. The molecule has 7 nitrogen and oxygen atoms in total. The number of anilines is 1. The van der Waals surface area contributed by atoms with Crippen LogP contribution in [0.5, 0.6) is 0 Å². The minimum atomic E-state index is -3.64. The van der Waals surface area contributed by atoms with Crippen molar-refractivity contribution in [3.8, 4) is 22.5 Å². The molecule has 2 heterocycles. The van der Waals surface area contributed by atoms with E-state index in [4.69, 9.17) is 4.42 Å². The molecule has 2 aromatic heterocycles. The summed E-state index contributed by atoms with van der Waals surface area (Å²) in [7, 11) is -0.579. The lowest BCUT2D eigenvalue weighted by atomic mass is 9.97. The number of amides is 1. The largest absolute Gasteiger partial charge is 0.455 e. The number of furan rings is 1. The van der Waals surface area contributed by atoms with Crippen molar-refractivity contribution >= 4 is 43.5 Å². The minimum Gasteiger partial charge on any atom is -0.455 e. The van der Waals surface area contributed by atoms with Crippen molar-refractivity contribution in [3.05, 3.63) is 114 Å². The molecular weight excluding hydrogens is 565 g/mol. The van der Waals surface area contributed by atoms with Gasteiger partial charge in [-0.15, -0.1) is 0 Å². The molecular formula is C34H30FN3O4S. The first-order valence-electron chi connectivity index (χ1n) is 13.7. The number of nitrogens with zero attached hydrogens (tertiary/aromatic N) is 2. The van der Waals surface area contributed by atoms with E-state index in [1.54, 1.807) is 25.2 Å². The predicted octanol–water partition coefficient (Wildman–Crippen LogP) is 6.97. The molecule has 6 rings (SSSR count). The zero-order chi connectivity index (χ0) is 30.5. The highest BCUT2D eigenvalue weighted by Crippen LogP contribution is 2.42. The van der Waals surface area contributed by atoms with E-state index in [1.165, 1.54) is 23.5 Å². The maximum Gasteiger partial charge on any atom is 0.255 e. The standard InChI is InChI=1S/C34H30FN3O4S/c1-21-5-9-24(10-6-21)33-32(34(39)36-2)28-18-27(30(19-31(28)42-33)37(3)43(4,40)41)25-12-11-23-15-16-38(29(23)17-25)20-22-7-13-26(35)14-8-22/h5-19H,20H2,1-4H3,(H,36,39). The van der Waals surface area contributed by atoms with Crippen molar-refractivity contribution in [1.29, 1.82) is 0 Å². The average Bonchev–Trinajstić information content (AvgIpc) is 3.57. The Labute approximate surface area is 249 Å². The number of sulfonamides is 1. The maximum atomic E-state index is 13.5. The number of rotatable bonds is 7. The first-order chi connectivity index (χ1) is 20.5. The molecule has 0 aliphatic heterocycles. The van der Waals surface area contributed by atoms with Gasteiger partial charge in [0.1, 0.15) is 17.2 Å². The fourth-order valence-corrected chi connectivity index (χ4v) is 5.85. The molecule has 0 radical (unpaired) electrons. The Balaban J connectivity index is 1.58. The molecule has 9 heteroatoms. The molecule has 4 aromatic carbocycles. The summed E-state index contributed by atoms with van der Waals surface area (Å²) in [4.78, 5) is 13.3. The van der Waals surface area contributed by atoms with Gasteiger partial charge in [0, 0.05) is 54.9 Å². The average molecular weight is 596 g/mol. The monoisotopic (exact) mass is 595 g/mol. The van der Waals surface area contributed by atoms with Gasteiger partial charge < -0.3 is 14.3 Å².